The summed E-state index contributed by atoms with van der Waals surface area (Å²) in [5.41, 5.74) is 0.471. The number of rotatable bonds is 4. The lowest BCUT2D eigenvalue weighted by atomic mass is 10.0. The predicted molar refractivity (Wildman–Crippen MR) is 70.1 cm³/mol. The third-order valence-electron chi connectivity index (χ3n) is 3.51. The van der Waals surface area contributed by atoms with Gasteiger partial charge in [-0.2, -0.15) is 0 Å². The maximum absolute atomic E-state index is 13.3. The summed E-state index contributed by atoms with van der Waals surface area (Å²) in [6.45, 7) is 1.91. The highest BCUT2D eigenvalue weighted by Gasteiger charge is 2.31. The van der Waals surface area contributed by atoms with Crippen molar-refractivity contribution in [1.82, 2.24) is 5.32 Å². The molecule has 0 spiro atoms. The highest BCUT2D eigenvalue weighted by molar-refractivity contribution is 7.91. The predicted octanol–water partition coefficient (Wildman–Crippen LogP) is 1.40. The Hall–Kier alpha value is -0.980. The van der Waals surface area contributed by atoms with Crippen LogP contribution in [0.4, 0.5) is 4.39 Å². The minimum absolute atomic E-state index is 0.0234. The number of aliphatic hydroxyl groups excluding tert-OH is 1. The number of nitrogens with one attached hydrogen (secondary N) is 1. The molecule has 0 fully saturated rings. The highest BCUT2D eigenvalue weighted by Crippen LogP contribution is 2.33. The van der Waals surface area contributed by atoms with Gasteiger partial charge < -0.3 is 10.4 Å². The minimum atomic E-state index is -3.31. The molecule has 6 heteroatoms. The standard InChI is InChI=1S/C13H18FNO3S/c1-2-10(8-16)15-12-5-6-19(17,18)13-4-3-9(14)7-11(12)13/h3-4,7,10,12,15-16H,2,5-6,8H2,1H3/t10-,12?/m0/s1. The summed E-state index contributed by atoms with van der Waals surface area (Å²) in [5, 5.41) is 12.4. The van der Waals surface area contributed by atoms with Crippen LogP contribution in [0.1, 0.15) is 31.4 Å². The van der Waals surface area contributed by atoms with Gasteiger partial charge in [0, 0.05) is 12.1 Å². The Balaban J connectivity index is 2.37. The number of aliphatic hydroxyl groups is 1. The Morgan fingerprint density at radius 2 is 2.26 bits per heavy atom. The van der Waals surface area contributed by atoms with E-state index in [1.54, 1.807) is 0 Å². The van der Waals surface area contributed by atoms with E-state index in [0.29, 0.717) is 12.0 Å². The fraction of sp³-hybridized carbons (Fsp3) is 0.538. The summed E-state index contributed by atoms with van der Waals surface area (Å²) in [6.07, 6.45) is 1.12. The molecule has 0 aliphatic carbocycles. The summed E-state index contributed by atoms with van der Waals surface area (Å²) in [4.78, 5) is 0.199. The number of benzene rings is 1. The molecule has 2 N–H and O–H groups in total. The zero-order chi connectivity index (χ0) is 14.0. The Morgan fingerprint density at radius 3 is 2.89 bits per heavy atom. The molecule has 2 atom stereocenters. The fourth-order valence-electron chi connectivity index (χ4n) is 2.37. The Kier molecular flexibility index (Phi) is 4.23. The van der Waals surface area contributed by atoms with Crippen molar-refractivity contribution in [3.8, 4) is 0 Å². The van der Waals surface area contributed by atoms with Crippen molar-refractivity contribution >= 4 is 9.84 Å². The van der Waals surface area contributed by atoms with Crippen LogP contribution in [0.3, 0.4) is 0 Å². The van der Waals surface area contributed by atoms with Gasteiger partial charge >= 0.3 is 0 Å². The second kappa shape index (κ2) is 5.56. The van der Waals surface area contributed by atoms with Crippen molar-refractivity contribution in [3.05, 3.63) is 29.6 Å². The van der Waals surface area contributed by atoms with Gasteiger partial charge in [-0.25, -0.2) is 12.8 Å². The molecule has 19 heavy (non-hydrogen) atoms. The summed E-state index contributed by atoms with van der Waals surface area (Å²) < 4.78 is 37.3. The van der Waals surface area contributed by atoms with Crippen molar-refractivity contribution < 1.29 is 17.9 Å². The van der Waals surface area contributed by atoms with Crippen molar-refractivity contribution in [2.75, 3.05) is 12.4 Å². The Labute approximate surface area is 112 Å². The molecule has 0 bridgehead atoms. The molecule has 0 amide bonds. The quantitative estimate of drug-likeness (QED) is 0.822. The average Bonchev–Trinajstić information content (AvgIpc) is 2.38. The van der Waals surface area contributed by atoms with Crippen LogP contribution in [0.2, 0.25) is 0 Å². The van der Waals surface area contributed by atoms with Gasteiger partial charge in [-0.1, -0.05) is 6.92 Å². The smallest absolute Gasteiger partial charge is 0.178 e. The molecule has 4 nitrogen and oxygen atoms in total. The number of hydrogen-bond donors (Lipinski definition) is 2. The first-order valence-electron chi connectivity index (χ1n) is 6.37. The van der Waals surface area contributed by atoms with Gasteiger partial charge in [-0.3, -0.25) is 0 Å². The highest BCUT2D eigenvalue weighted by atomic mass is 32.2. The van der Waals surface area contributed by atoms with E-state index >= 15 is 0 Å². The second-order valence-electron chi connectivity index (χ2n) is 4.80. The van der Waals surface area contributed by atoms with Crippen molar-refractivity contribution in [3.63, 3.8) is 0 Å². The summed E-state index contributed by atoms with van der Waals surface area (Å²) >= 11 is 0. The normalized spacial score (nSPS) is 22.8. The summed E-state index contributed by atoms with van der Waals surface area (Å²) in [5.74, 6) is -0.398. The second-order valence-corrected chi connectivity index (χ2v) is 6.87. The lowest BCUT2D eigenvalue weighted by Crippen LogP contribution is -2.38. The fourth-order valence-corrected chi connectivity index (χ4v) is 3.97. The zero-order valence-electron chi connectivity index (χ0n) is 10.8. The first kappa shape index (κ1) is 14.4. The van der Waals surface area contributed by atoms with E-state index in [9.17, 15) is 17.9 Å². The van der Waals surface area contributed by atoms with E-state index in [2.05, 4.69) is 5.32 Å². The lowest BCUT2D eigenvalue weighted by Gasteiger charge is -2.29. The molecule has 2 rings (SSSR count). The molecule has 1 aliphatic heterocycles. The maximum atomic E-state index is 13.3. The summed E-state index contributed by atoms with van der Waals surface area (Å²) in [6, 6.07) is 3.43. The molecular formula is C13H18FNO3S. The topological polar surface area (TPSA) is 66.4 Å². The van der Waals surface area contributed by atoms with Crippen LogP contribution in [-0.2, 0) is 9.84 Å². The van der Waals surface area contributed by atoms with Crippen LogP contribution >= 0.6 is 0 Å². The minimum Gasteiger partial charge on any atom is -0.395 e. The van der Waals surface area contributed by atoms with E-state index in [-0.39, 0.29) is 29.3 Å². The molecule has 1 aromatic rings. The average molecular weight is 287 g/mol. The van der Waals surface area contributed by atoms with Crippen LogP contribution in [0.5, 0.6) is 0 Å². The molecule has 0 radical (unpaired) electrons. The van der Waals surface area contributed by atoms with Crippen LogP contribution < -0.4 is 5.32 Å². The Morgan fingerprint density at radius 1 is 1.53 bits per heavy atom. The van der Waals surface area contributed by atoms with Crippen molar-refractivity contribution in [1.29, 1.82) is 0 Å². The first-order valence-corrected chi connectivity index (χ1v) is 8.02. The zero-order valence-corrected chi connectivity index (χ0v) is 11.6. The molecule has 0 aromatic heterocycles. The maximum Gasteiger partial charge on any atom is 0.178 e. The van der Waals surface area contributed by atoms with E-state index in [0.717, 1.165) is 6.42 Å². The van der Waals surface area contributed by atoms with Gasteiger partial charge in [0.1, 0.15) is 5.82 Å². The van der Waals surface area contributed by atoms with Gasteiger partial charge in [0.25, 0.3) is 0 Å². The summed E-state index contributed by atoms with van der Waals surface area (Å²) in [7, 11) is -3.31. The molecule has 1 unspecified atom stereocenters. The number of sulfone groups is 1. The lowest BCUT2D eigenvalue weighted by molar-refractivity contribution is 0.225. The third kappa shape index (κ3) is 2.96. The first-order chi connectivity index (χ1) is 8.97. The third-order valence-corrected chi connectivity index (χ3v) is 5.32. The molecule has 106 valence electrons. The molecule has 0 saturated heterocycles. The van der Waals surface area contributed by atoms with E-state index in [1.165, 1.54) is 18.2 Å². The van der Waals surface area contributed by atoms with E-state index in [4.69, 9.17) is 0 Å². The van der Waals surface area contributed by atoms with Crippen molar-refractivity contribution in [2.45, 2.75) is 36.7 Å². The van der Waals surface area contributed by atoms with E-state index < -0.39 is 15.7 Å². The molecule has 0 saturated carbocycles. The van der Waals surface area contributed by atoms with Gasteiger partial charge in [0.2, 0.25) is 0 Å². The SMILES string of the molecule is CC[C@@H](CO)NC1CCS(=O)(=O)c2ccc(F)cc21. The largest absolute Gasteiger partial charge is 0.395 e. The molecular weight excluding hydrogens is 269 g/mol. The van der Waals surface area contributed by atoms with Crippen LogP contribution in [0.25, 0.3) is 0 Å². The number of fused-ring (bicyclic) bond motifs is 1. The molecule has 1 aliphatic rings. The van der Waals surface area contributed by atoms with Gasteiger partial charge in [0.05, 0.1) is 17.3 Å². The van der Waals surface area contributed by atoms with Crippen LogP contribution in [0, 0.1) is 5.82 Å². The van der Waals surface area contributed by atoms with Crippen molar-refractivity contribution in [2.24, 2.45) is 0 Å². The molecule has 1 heterocycles. The molecule has 1 aromatic carbocycles. The number of hydrogen-bond acceptors (Lipinski definition) is 4. The van der Waals surface area contributed by atoms with Crippen LogP contribution in [-0.4, -0.2) is 31.9 Å². The van der Waals surface area contributed by atoms with Gasteiger partial charge in [0.15, 0.2) is 9.84 Å². The number of halogens is 1. The van der Waals surface area contributed by atoms with Gasteiger partial charge in [-0.05, 0) is 36.6 Å². The van der Waals surface area contributed by atoms with Crippen LogP contribution in [0.15, 0.2) is 23.1 Å². The van der Waals surface area contributed by atoms with E-state index in [1.807, 2.05) is 6.92 Å². The Bertz CT molecular complexity index is 555. The monoisotopic (exact) mass is 287 g/mol. The van der Waals surface area contributed by atoms with Gasteiger partial charge in [-0.15, -0.1) is 0 Å².